The van der Waals surface area contributed by atoms with Crippen LogP contribution in [0.1, 0.15) is 24.2 Å². The van der Waals surface area contributed by atoms with Gasteiger partial charge in [0.15, 0.2) is 5.78 Å². The Hall–Kier alpha value is -3.69. The van der Waals surface area contributed by atoms with Crippen molar-refractivity contribution in [3.8, 4) is 0 Å². The lowest BCUT2D eigenvalue weighted by Gasteiger charge is -2.10. The first kappa shape index (κ1) is 17.7. The molecule has 0 aliphatic heterocycles. The lowest BCUT2D eigenvalue weighted by Crippen LogP contribution is -2.13. The standard InChI is InChI=1S/C15H11N3O7/c1-8-5-11(19)6-9(2)14(8)16-25-15(20)12-4-3-10(17(21)22)7-13(12)18(23)24/h3-7H,1-2H3. The number of benzene rings is 1. The Balaban J connectivity index is 2.33. The molecule has 0 unspecified atom stereocenters. The van der Waals surface area contributed by atoms with E-state index in [1.165, 1.54) is 12.2 Å². The van der Waals surface area contributed by atoms with Crippen LogP contribution >= 0.6 is 0 Å². The van der Waals surface area contributed by atoms with Gasteiger partial charge in [-0.05, 0) is 43.2 Å². The summed E-state index contributed by atoms with van der Waals surface area (Å²) in [5.74, 6) is -1.38. The van der Waals surface area contributed by atoms with E-state index in [0.717, 1.165) is 12.1 Å². The van der Waals surface area contributed by atoms with Crippen molar-refractivity contribution >= 4 is 28.8 Å². The molecule has 0 spiro atoms. The van der Waals surface area contributed by atoms with Gasteiger partial charge in [-0.25, -0.2) is 4.79 Å². The number of hydrogen-bond acceptors (Lipinski definition) is 8. The molecule has 0 saturated carbocycles. The quantitative estimate of drug-likeness (QED) is 0.353. The molecule has 0 heterocycles. The monoisotopic (exact) mass is 345 g/mol. The molecule has 1 aromatic rings. The van der Waals surface area contributed by atoms with E-state index in [1.54, 1.807) is 13.8 Å². The minimum Gasteiger partial charge on any atom is -0.312 e. The van der Waals surface area contributed by atoms with Gasteiger partial charge in [0.2, 0.25) is 0 Å². The number of ketones is 1. The van der Waals surface area contributed by atoms with Crippen LogP contribution in [-0.4, -0.2) is 27.3 Å². The van der Waals surface area contributed by atoms with Gasteiger partial charge in [-0.15, -0.1) is 0 Å². The number of hydrogen-bond donors (Lipinski definition) is 0. The second-order valence-electron chi connectivity index (χ2n) is 5.09. The summed E-state index contributed by atoms with van der Waals surface area (Å²) in [6.07, 6.45) is 2.60. The summed E-state index contributed by atoms with van der Waals surface area (Å²) in [6.45, 7) is 3.19. The molecule has 0 saturated heterocycles. The molecule has 0 amide bonds. The third kappa shape index (κ3) is 3.80. The second-order valence-corrected chi connectivity index (χ2v) is 5.09. The van der Waals surface area contributed by atoms with Crippen LogP contribution < -0.4 is 0 Å². The number of carbonyl (C=O) groups excluding carboxylic acids is 2. The lowest BCUT2D eigenvalue weighted by molar-refractivity contribution is -0.394. The number of nitrogens with zero attached hydrogens (tertiary/aromatic N) is 3. The summed E-state index contributed by atoms with van der Waals surface area (Å²) in [6, 6.07) is 2.54. The molecule has 0 radical (unpaired) electrons. The van der Waals surface area contributed by atoms with Gasteiger partial charge in [0.05, 0.1) is 15.9 Å². The first-order chi connectivity index (χ1) is 11.7. The zero-order chi connectivity index (χ0) is 18.7. The predicted molar refractivity (Wildman–Crippen MR) is 85.1 cm³/mol. The van der Waals surface area contributed by atoms with E-state index in [-0.39, 0.29) is 11.5 Å². The van der Waals surface area contributed by atoms with Crippen LogP contribution in [0, 0.1) is 20.2 Å². The summed E-state index contributed by atoms with van der Waals surface area (Å²) >= 11 is 0. The molecule has 1 aromatic carbocycles. The average Bonchev–Trinajstić information content (AvgIpc) is 2.52. The molecular formula is C15H11N3O7. The van der Waals surface area contributed by atoms with Crippen molar-refractivity contribution in [3.05, 3.63) is 67.3 Å². The van der Waals surface area contributed by atoms with Crippen molar-refractivity contribution in [2.24, 2.45) is 5.16 Å². The van der Waals surface area contributed by atoms with E-state index >= 15 is 0 Å². The highest BCUT2D eigenvalue weighted by Gasteiger charge is 2.26. The molecule has 1 aliphatic rings. The number of allylic oxidation sites excluding steroid dienone is 4. The maximum absolute atomic E-state index is 12.1. The van der Waals surface area contributed by atoms with Crippen LogP contribution in [0.2, 0.25) is 0 Å². The topological polar surface area (TPSA) is 142 Å². The highest BCUT2D eigenvalue weighted by Crippen LogP contribution is 2.25. The summed E-state index contributed by atoms with van der Waals surface area (Å²) in [5.41, 5.74) is -0.588. The van der Waals surface area contributed by atoms with Gasteiger partial charge >= 0.3 is 5.97 Å². The largest absolute Gasteiger partial charge is 0.372 e. The van der Waals surface area contributed by atoms with Crippen LogP contribution in [0.15, 0.2) is 46.7 Å². The van der Waals surface area contributed by atoms with E-state index in [4.69, 9.17) is 4.84 Å². The average molecular weight is 345 g/mol. The van der Waals surface area contributed by atoms with Crippen LogP contribution in [-0.2, 0) is 9.63 Å². The minimum absolute atomic E-state index is 0.230. The van der Waals surface area contributed by atoms with E-state index < -0.39 is 32.8 Å². The third-order valence-electron chi connectivity index (χ3n) is 3.29. The first-order valence-corrected chi connectivity index (χ1v) is 6.84. The normalized spacial score (nSPS) is 13.7. The molecule has 25 heavy (non-hydrogen) atoms. The fraction of sp³-hybridized carbons (Fsp3) is 0.133. The molecule has 10 heteroatoms. The number of nitro groups is 2. The maximum atomic E-state index is 12.1. The molecule has 0 N–H and O–H groups in total. The molecule has 128 valence electrons. The highest BCUT2D eigenvalue weighted by atomic mass is 16.7. The van der Waals surface area contributed by atoms with E-state index in [1.807, 2.05) is 0 Å². The Labute approximate surface area is 140 Å². The van der Waals surface area contributed by atoms with Gasteiger partial charge < -0.3 is 4.84 Å². The van der Waals surface area contributed by atoms with Crippen LogP contribution in [0.3, 0.4) is 0 Å². The van der Waals surface area contributed by atoms with Crippen LogP contribution in [0.5, 0.6) is 0 Å². The molecule has 0 atom stereocenters. The molecule has 0 bridgehead atoms. The number of oxime groups is 1. The Morgan fingerprint density at radius 1 is 1.08 bits per heavy atom. The zero-order valence-corrected chi connectivity index (χ0v) is 13.1. The number of carbonyl (C=O) groups is 2. The van der Waals surface area contributed by atoms with Crippen molar-refractivity contribution in [2.45, 2.75) is 13.8 Å². The summed E-state index contributed by atoms with van der Waals surface area (Å²) in [7, 11) is 0. The van der Waals surface area contributed by atoms with Crippen LogP contribution in [0.25, 0.3) is 0 Å². The molecule has 2 rings (SSSR count). The van der Waals surface area contributed by atoms with Gasteiger partial charge in [0, 0.05) is 6.07 Å². The molecule has 0 fully saturated rings. The van der Waals surface area contributed by atoms with Crippen molar-refractivity contribution in [3.63, 3.8) is 0 Å². The van der Waals surface area contributed by atoms with Gasteiger partial charge in [0.1, 0.15) is 11.3 Å². The van der Waals surface area contributed by atoms with Crippen molar-refractivity contribution in [1.29, 1.82) is 0 Å². The first-order valence-electron chi connectivity index (χ1n) is 6.84. The lowest BCUT2D eigenvalue weighted by atomic mass is 9.98. The second kappa shape index (κ2) is 6.83. The van der Waals surface area contributed by atoms with Crippen molar-refractivity contribution in [2.75, 3.05) is 0 Å². The minimum atomic E-state index is -1.15. The van der Waals surface area contributed by atoms with Gasteiger partial charge in [0.25, 0.3) is 11.4 Å². The van der Waals surface area contributed by atoms with Crippen molar-refractivity contribution in [1.82, 2.24) is 0 Å². The molecule has 10 nitrogen and oxygen atoms in total. The van der Waals surface area contributed by atoms with Crippen molar-refractivity contribution < 1.29 is 24.3 Å². The van der Waals surface area contributed by atoms with Gasteiger partial charge in [-0.1, -0.05) is 5.16 Å². The van der Waals surface area contributed by atoms with Crippen LogP contribution in [0.4, 0.5) is 11.4 Å². The summed E-state index contributed by atoms with van der Waals surface area (Å²) < 4.78 is 0. The maximum Gasteiger partial charge on any atom is 0.372 e. The smallest absolute Gasteiger partial charge is 0.312 e. The number of nitro benzene ring substituents is 2. The summed E-state index contributed by atoms with van der Waals surface area (Å²) in [5, 5.41) is 25.4. The fourth-order valence-electron chi connectivity index (χ4n) is 2.15. The summed E-state index contributed by atoms with van der Waals surface area (Å²) in [4.78, 5) is 48.1. The Morgan fingerprint density at radius 3 is 2.20 bits per heavy atom. The highest BCUT2D eigenvalue weighted by molar-refractivity contribution is 6.22. The van der Waals surface area contributed by atoms with Gasteiger partial charge in [-0.2, -0.15) is 0 Å². The molecule has 1 aliphatic carbocycles. The zero-order valence-electron chi connectivity index (χ0n) is 13.1. The Bertz CT molecular complexity index is 872. The molecule has 0 aromatic heterocycles. The predicted octanol–water partition coefficient (Wildman–Crippen LogP) is 2.49. The Morgan fingerprint density at radius 2 is 1.68 bits per heavy atom. The van der Waals surface area contributed by atoms with E-state index in [0.29, 0.717) is 17.2 Å². The fourth-order valence-corrected chi connectivity index (χ4v) is 2.15. The van der Waals surface area contributed by atoms with E-state index in [2.05, 4.69) is 5.16 Å². The SMILES string of the molecule is CC1=CC(=O)C=C(C)C1=NOC(=O)c1ccc([N+](=O)[O-])cc1[N+](=O)[O-]. The third-order valence-corrected chi connectivity index (χ3v) is 3.29. The number of rotatable bonds is 4. The molecular weight excluding hydrogens is 334 g/mol. The van der Waals surface area contributed by atoms with E-state index in [9.17, 15) is 29.8 Å². The Kier molecular flexibility index (Phi) is 4.82. The van der Waals surface area contributed by atoms with Gasteiger partial charge in [-0.3, -0.25) is 25.0 Å². The number of non-ortho nitro benzene ring substituents is 1.